The summed E-state index contributed by atoms with van der Waals surface area (Å²) in [5, 5.41) is 22.1. The second-order valence-electron chi connectivity index (χ2n) is 6.68. The van der Waals surface area contributed by atoms with Gasteiger partial charge in [0.15, 0.2) is 0 Å². The number of benzene rings is 3. The van der Waals surface area contributed by atoms with Crippen molar-refractivity contribution in [1.29, 1.82) is 0 Å². The van der Waals surface area contributed by atoms with E-state index < -0.39 is 11.6 Å². The Balaban J connectivity index is 0.00000320. The third-order valence-electron chi connectivity index (χ3n) is 5.01. The van der Waals surface area contributed by atoms with Crippen molar-refractivity contribution in [3.8, 4) is 17.2 Å². The van der Waals surface area contributed by atoms with E-state index in [4.69, 9.17) is 9.47 Å². The van der Waals surface area contributed by atoms with Crippen molar-refractivity contribution < 1.29 is 36.8 Å². The maximum Gasteiger partial charge on any atom is 0.144 e. The van der Waals surface area contributed by atoms with Gasteiger partial charge in [0.2, 0.25) is 0 Å². The second kappa shape index (κ2) is 10.3. The average molecular weight is 455 g/mol. The molecular weight excluding hydrogens is 430 g/mol. The van der Waals surface area contributed by atoms with Gasteiger partial charge in [-0.1, -0.05) is 48.5 Å². The SMILES string of the molecule is COc1ccccc1C(O)(c1ccccc1OC)[C@@H](C)N=Cc1ccccc1O.[Cu]. The minimum Gasteiger partial charge on any atom is -0.507 e. The predicted molar refractivity (Wildman–Crippen MR) is 114 cm³/mol. The zero-order valence-corrected chi connectivity index (χ0v) is 18.0. The molecule has 2 N–H and O–H groups in total. The summed E-state index contributed by atoms with van der Waals surface area (Å²) in [6.45, 7) is 1.81. The maximum absolute atomic E-state index is 12.1. The standard InChI is InChI=1S/C24H25NO4.Cu/c1-17(25-16-18-10-4-7-13-21(18)26)24(27,19-11-5-8-14-22(19)28-2)20-12-6-9-15-23(20)29-3;/h4-17,26-27H,1-3H3;/t17-;/m1./s1. The molecule has 0 heterocycles. The Labute approximate surface area is 187 Å². The van der Waals surface area contributed by atoms with Gasteiger partial charge >= 0.3 is 0 Å². The first-order valence-electron chi connectivity index (χ1n) is 9.33. The number of methoxy groups -OCH3 is 2. The molecule has 5 nitrogen and oxygen atoms in total. The van der Waals surface area contributed by atoms with Gasteiger partial charge in [0.25, 0.3) is 0 Å². The molecule has 0 saturated heterocycles. The number of aliphatic imine (C=N–C) groups is 1. The van der Waals surface area contributed by atoms with Crippen molar-refractivity contribution in [3.63, 3.8) is 0 Å². The van der Waals surface area contributed by atoms with E-state index in [2.05, 4.69) is 4.99 Å². The molecule has 0 fully saturated rings. The second-order valence-corrected chi connectivity index (χ2v) is 6.68. The number of aliphatic hydroxyl groups is 1. The van der Waals surface area contributed by atoms with E-state index in [0.29, 0.717) is 28.2 Å². The smallest absolute Gasteiger partial charge is 0.144 e. The molecule has 3 aromatic carbocycles. The molecule has 0 spiro atoms. The molecule has 0 amide bonds. The number of ether oxygens (including phenoxy) is 2. The molecule has 3 rings (SSSR count). The summed E-state index contributed by atoms with van der Waals surface area (Å²) < 4.78 is 11.1. The zero-order chi connectivity index (χ0) is 20.9. The first-order chi connectivity index (χ1) is 14.0. The van der Waals surface area contributed by atoms with Crippen LogP contribution in [-0.2, 0) is 22.7 Å². The van der Waals surface area contributed by atoms with E-state index in [1.807, 2.05) is 49.4 Å². The van der Waals surface area contributed by atoms with Crippen LogP contribution in [0.5, 0.6) is 17.2 Å². The van der Waals surface area contributed by atoms with Crippen LogP contribution in [-0.4, -0.2) is 36.7 Å². The van der Waals surface area contributed by atoms with Gasteiger partial charge in [-0.25, -0.2) is 0 Å². The van der Waals surface area contributed by atoms with Crippen LogP contribution in [0.25, 0.3) is 0 Å². The van der Waals surface area contributed by atoms with Crippen molar-refractivity contribution in [2.24, 2.45) is 4.99 Å². The molecular formula is C24H25CuNO4. The molecule has 0 aliphatic heterocycles. The maximum atomic E-state index is 12.1. The van der Waals surface area contributed by atoms with Gasteiger partial charge in [0.1, 0.15) is 22.8 Å². The van der Waals surface area contributed by atoms with Crippen LogP contribution in [0.15, 0.2) is 77.8 Å². The molecule has 0 aliphatic rings. The molecule has 0 unspecified atom stereocenters. The number of nitrogens with zero attached hydrogens (tertiary/aromatic N) is 1. The fourth-order valence-corrected chi connectivity index (χ4v) is 3.41. The summed E-state index contributed by atoms with van der Waals surface area (Å²) in [7, 11) is 3.13. The zero-order valence-electron chi connectivity index (χ0n) is 17.0. The minimum absolute atomic E-state index is 0. The minimum atomic E-state index is -1.53. The van der Waals surface area contributed by atoms with Crippen LogP contribution in [0.3, 0.4) is 0 Å². The number of para-hydroxylation sites is 3. The van der Waals surface area contributed by atoms with Crippen molar-refractivity contribution in [2.75, 3.05) is 14.2 Å². The fourth-order valence-electron chi connectivity index (χ4n) is 3.41. The Kier molecular flexibility index (Phi) is 8.07. The molecule has 0 saturated carbocycles. The molecule has 1 radical (unpaired) electrons. The number of phenolic OH excluding ortho intramolecular Hbond substituents is 1. The quantitative estimate of drug-likeness (QED) is 0.415. The van der Waals surface area contributed by atoms with Crippen molar-refractivity contribution in [1.82, 2.24) is 0 Å². The van der Waals surface area contributed by atoms with Crippen LogP contribution in [0, 0.1) is 0 Å². The summed E-state index contributed by atoms with van der Waals surface area (Å²) >= 11 is 0. The number of phenols is 1. The van der Waals surface area contributed by atoms with Gasteiger partial charge < -0.3 is 19.7 Å². The predicted octanol–water partition coefficient (Wildman–Crippen LogP) is 4.15. The van der Waals surface area contributed by atoms with Crippen molar-refractivity contribution in [2.45, 2.75) is 18.6 Å². The number of hydrogen-bond donors (Lipinski definition) is 2. The van der Waals surface area contributed by atoms with E-state index in [0.717, 1.165) is 0 Å². The topological polar surface area (TPSA) is 71.3 Å². The first kappa shape index (κ1) is 23.5. The van der Waals surface area contributed by atoms with E-state index in [1.165, 1.54) is 0 Å². The third-order valence-corrected chi connectivity index (χ3v) is 5.01. The fraction of sp³-hybridized carbons (Fsp3) is 0.208. The van der Waals surface area contributed by atoms with E-state index in [9.17, 15) is 10.2 Å². The van der Waals surface area contributed by atoms with Crippen LogP contribution >= 0.6 is 0 Å². The third kappa shape index (κ3) is 4.51. The summed E-state index contributed by atoms with van der Waals surface area (Å²) in [4.78, 5) is 4.58. The van der Waals surface area contributed by atoms with Crippen LogP contribution < -0.4 is 9.47 Å². The molecule has 161 valence electrons. The van der Waals surface area contributed by atoms with Gasteiger partial charge in [0.05, 0.1) is 20.3 Å². The van der Waals surface area contributed by atoms with Gasteiger partial charge in [-0.2, -0.15) is 0 Å². The van der Waals surface area contributed by atoms with Crippen LogP contribution in [0.1, 0.15) is 23.6 Å². The number of hydrogen-bond acceptors (Lipinski definition) is 5. The molecule has 0 aliphatic carbocycles. The number of rotatable bonds is 7. The Hall–Kier alpha value is -2.79. The summed E-state index contributed by atoms with van der Waals surface area (Å²) in [5.41, 5.74) is 0.199. The Morgan fingerprint density at radius 1 is 0.833 bits per heavy atom. The molecule has 0 bridgehead atoms. The Morgan fingerprint density at radius 3 is 1.80 bits per heavy atom. The van der Waals surface area contributed by atoms with Crippen molar-refractivity contribution >= 4 is 6.21 Å². The van der Waals surface area contributed by atoms with Gasteiger partial charge in [-0.3, -0.25) is 4.99 Å². The summed E-state index contributed by atoms with van der Waals surface area (Å²) in [5.74, 6) is 1.22. The summed E-state index contributed by atoms with van der Waals surface area (Å²) in [6, 6.07) is 20.9. The summed E-state index contributed by atoms with van der Waals surface area (Å²) in [6.07, 6.45) is 1.57. The molecule has 30 heavy (non-hydrogen) atoms. The largest absolute Gasteiger partial charge is 0.507 e. The van der Waals surface area contributed by atoms with Gasteiger partial charge in [0, 0.05) is 40.0 Å². The molecule has 0 aromatic heterocycles. The molecule has 3 aromatic rings. The van der Waals surface area contributed by atoms with Gasteiger partial charge in [-0.15, -0.1) is 0 Å². The van der Waals surface area contributed by atoms with E-state index in [1.54, 1.807) is 50.8 Å². The average Bonchev–Trinajstić information content (AvgIpc) is 2.77. The van der Waals surface area contributed by atoms with Crippen LogP contribution in [0.2, 0.25) is 0 Å². The van der Waals surface area contributed by atoms with Gasteiger partial charge in [-0.05, 0) is 31.2 Å². The Bertz CT molecular complexity index is 958. The van der Waals surface area contributed by atoms with E-state index in [-0.39, 0.29) is 22.8 Å². The monoisotopic (exact) mass is 454 g/mol. The normalized spacial score (nSPS) is 12.3. The number of aromatic hydroxyl groups is 1. The van der Waals surface area contributed by atoms with Crippen LogP contribution in [0.4, 0.5) is 0 Å². The first-order valence-corrected chi connectivity index (χ1v) is 9.33. The molecule has 6 heteroatoms. The van der Waals surface area contributed by atoms with E-state index >= 15 is 0 Å². The van der Waals surface area contributed by atoms with Crippen molar-refractivity contribution in [3.05, 3.63) is 89.5 Å². The Morgan fingerprint density at radius 2 is 1.30 bits per heavy atom. The molecule has 1 atom stereocenters.